The second-order valence-corrected chi connectivity index (χ2v) is 14.2. The molecular formula is C36H33ClN4O3S. The van der Waals surface area contributed by atoms with Gasteiger partial charge >= 0.3 is 5.97 Å². The highest BCUT2D eigenvalue weighted by Gasteiger charge is 2.29. The third-order valence-electron chi connectivity index (χ3n) is 8.11. The van der Waals surface area contributed by atoms with E-state index in [4.69, 9.17) is 31.4 Å². The first-order chi connectivity index (χ1) is 21.4. The summed E-state index contributed by atoms with van der Waals surface area (Å²) in [7, 11) is 2.00. The first kappa shape index (κ1) is 29.4. The van der Waals surface area contributed by atoms with Gasteiger partial charge in [-0.1, -0.05) is 17.7 Å². The van der Waals surface area contributed by atoms with Gasteiger partial charge in [0.25, 0.3) is 0 Å². The monoisotopic (exact) mass is 636 g/mol. The van der Waals surface area contributed by atoms with Gasteiger partial charge < -0.3 is 9.84 Å². The Morgan fingerprint density at radius 2 is 1.89 bits per heavy atom. The lowest BCUT2D eigenvalue weighted by Gasteiger charge is -2.24. The van der Waals surface area contributed by atoms with Gasteiger partial charge in [0, 0.05) is 51.8 Å². The normalized spacial score (nSPS) is 13.6. The summed E-state index contributed by atoms with van der Waals surface area (Å²) in [6, 6.07) is 18.0. The number of carboxylic acid groups (broad SMARTS) is 1. The van der Waals surface area contributed by atoms with Crippen molar-refractivity contribution in [2.45, 2.75) is 58.5 Å². The van der Waals surface area contributed by atoms with Gasteiger partial charge in [0.15, 0.2) is 0 Å². The zero-order valence-electron chi connectivity index (χ0n) is 25.8. The number of aliphatic carboxylic acids is 1. The molecule has 6 aromatic rings. The maximum Gasteiger partial charge on any atom is 0.307 e. The molecule has 3 aromatic carbocycles. The Kier molecular flexibility index (Phi) is 7.17. The number of aromatic nitrogens is 4. The molecular weight excluding hydrogens is 604 g/mol. The Morgan fingerprint density at radius 3 is 2.62 bits per heavy atom. The molecule has 0 amide bonds. The lowest BCUT2D eigenvalue weighted by Crippen LogP contribution is -2.23. The molecule has 1 saturated carbocycles. The number of halogens is 1. The summed E-state index contributed by atoms with van der Waals surface area (Å²) >= 11 is 7.97. The van der Waals surface area contributed by atoms with Gasteiger partial charge in [0.05, 0.1) is 33.5 Å². The predicted molar refractivity (Wildman–Crippen MR) is 181 cm³/mol. The van der Waals surface area contributed by atoms with Crippen LogP contribution in [0.25, 0.3) is 54.1 Å². The van der Waals surface area contributed by atoms with Crippen molar-refractivity contribution in [1.82, 2.24) is 19.7 Å². The van der Waals surface area contributed by atoms with Crippen LogP contribution in [0.5, 0.6) is 5.75 Å². The number of hydrogen-bond donors (Lipinski definition) is 1. The number of rotatable bonds is 7. The molecule has 7 nitrogen and oxygen atoms in total. The van der Waals surface area contributed by atoms with Crippen LogP contribution in [-0.4, -0.2) is 36.4 Å². The van der Waals surface area contributed by atoms with E-state index in [1.54, 1.807) is 17.4 Å². The fraction of sp³-hybridized carbons (Fsp3) is 0.278. The van der Waals surface area contributed by atoms with Crippen LogP contribution in [0.3, 0.4) is 0 Å². The number of nitrogens with zero attached hydrogens (tertiary/aromatic N) is 4. The van der Waals surface area contributed by atoms with Crippen LogP contribution in [0.2, 0.25) is 5.02 Å². The second-order valence-electron chi connectivity index (χ2n) is 12.8. The number of hydrogen-bond acceptors (Lipinski definition) is 6. The fourth-order valence-corrected chi connectivity index (χ4v) is 7.26. The molecule has 0 atom stereocenters. The van der Waals surface area contributed by atoms with E-state index in [9.17, 15) is 9.90 Å². The van der Waals surface area contributed by atoms with Crippen molar-refractivity contribution in [1.29, 1.82) is 0 Å². The van der Waals surface area contributed by atoms with Crippen LogP contribution in [0.1, 0.15) is 56.4 Å². The molecule has 3 aromatic heterocycles. The molecule has 3 heterocycles. The van der Waals surface area contributed by atoms with Gasteiger partial charge in [-0.05, 0) is 100 Å². The summed E-state index contributed by atoms with van der Waals surface area (Å²) < 4.78 is 9.24. The molecule has 0 aliphatic heterocycles. The molecule has 0 saturated heterocycles. The molecule has 228 valence electrons. The van der Waals surface area contributed by atoms with Gasteiger partial charge in [0.2, 0.25) is 0 Å². The zero-order valence-corrected chi connectivity index (χ0v) is 27.4. The molecule has 1 N–H and O–H groups in total. The van der Waals surface area contributed by atoms with E-state index in [1.807, 2.05) is 69.9 Å². The Labute approximate surface area is 270 Å². The Morgan fingerprint density at radius 1 is 1.09 bits per heavy atom. The van der Waals surface area contributed by atoms with Crippen molar-refractivity contribution in [2.24, 2.45) is 7.05 Å². The van der Waals surface area contributed by atoms with Crippen LogP contribution in [-0.2, 0) is 18.3 Å². The SMILES string of the molecule is Cc1cc2nc(-c3ccnc(-c4ccc5c(c4)c(C4CC4)nn5C)c3)sc2c(-c2ccc(Cl)cc2OC(C)(C)C)c1CC(=O)O. The van der Waals surface area contributed by atoms with Crippen LogP contribution in [0.15, 0.2) is 60.8 Å². The lowest BCUT2D eigenvalue weighted by molar-refractivity contribution is -0.136. The average Bonchev–Trinajstić information content (AvgIpc) is 3.65. The van der Waals surface area contributed by atoms with E-state index in [2.05, 4.69) is 24.3 Å². The van der Waals surface area contributed by atoms with Crippen molar-refractivity contribution in [3.8, 4) is 38.7 Å². The number of benzene rings is 3. The minimum absolute atomic E-state index is 0.124. The molecule has 1 aliphatic carbocycles. The molecule has 0 radical (unpaired) electrons. The largest absolute Gasteiger partial charge is 0.487 e. The Hall–Kier alpha value is -4.27. The Bertz CT molecular complexity index is 2140. The third-order valence-corrected chi connectivity index (χ3v) is 9.49. The highest BCUT2D eigenvalue weighted by molar-refractivity contribution is 7.22. The topological polar surface area (TPSA) is 90.1 Å². The molecule has 0 bridgehead atoms. The Balaban J connectivity index is 1.38. The molecule has 9 heteroatoms. The molecule has 1 aliphatic rings. The quantitative estimate of drug-likeness (QED) is 0.188. The third kappa shape index (κ3) is 5.69. The van der Waals surface area contributed by atoms with Crippen molar-refractivity contribution in [3.05, 3.63) is 82.6 Å². The number of fused-ring (bicyclic) bond motifs is 2. The zero-order chi connectivity index (χ0) is 31.6. The van der Waals surface area contributed by atoms with Crippen LogP contribution < -0.4 is 4.74 Å². The number of carbonyl (C=O) groups is 1. The van der Waals surface area contributed by atoms with Crippen LogP contribution in [0.4, 0.5) is 0 Å². The summed E-state index contributed by atoms with van der Waals surface area (Å²) in [4.78, 5) is 21.9. The number of pyridine rings is 1. The lowest BCUT2D eigenvalue weighted by atomic mass is 9.92. The van der Waals surface area contributed by atoms with Gasteiger partial charge in [-0.25, -0.2) is 4.98 Å². The number of ether oxygens (including phenoxy) is 1. The predicted octanol–water partition coefficient (Wildman–Crippen LogP) is 9.22. The second kappa shape index (κ2) is 11.0. The molecule has 7 rings (SSSR count). The van der Waals surface area contributed by atoms with E-state index in [0.29, 0.717) is 16.7 Å². The first-order valence-corrected chi connectivity index (χ1v) is 16.2. The van der Waals surface area contributed by atoms with Crippen molar-refractivity contribution in [2.75, 3.05) is 0 Å². The summed E-state index contributed by atoms with van der Waals surface area (Å²) in [5.74, 6) is 0.251. The highest BCUT2D eigenvalue weighted by atomic mass is 35.5. The fourth-order valence-electron chi connectivity index (χ4n) is 5.97. The molecule has 0 unspecified atom stereocenters. The summed E-state index contributed by atoms with van der Waals surface area (Å²) in [5, 5.41) is 17.3. The first-order valence-electron chi connectivity index (χ1n) is 15.0. The van der Waals surface area contributed by atoms with Gasteiger partial charge in [-0.3, -0.25) is 14.5 Å². The maximum atomic E-state index is 12.1. The smallest absolute Gasteiger partial charge is 0.307 e. The van der Waals surface area contributed by atoms with Crippen molar-refractivity contribution >= 4 is 50.0 Å². The molecule has 0 spiro atoms. The van der Waals surface area contributed by atoms with E-state index >= 15 is 0 Å². The summed E-state index contributed by atoms with van der Waals surface area (Å²) in [6.07, 6.45) is 4.08. The van der Waals surface area contributed by atoms with E-state index in [1.165, 1.54) is 23.9 Å². The highest BCUT2D eigenvalue weighted by Crippen LogP contribution is 2.46. The van der Waals surface area contributed by atoms with Gasteiger partial charge in [-0.2, -0.15) is 5.10 Å². The maximum absolute atomic E-state index is 12.1. The molecule has 1 fully saturated rings. The van der Waals surface area contributed by atoms with E-state index < -0.39 is 11.6 Å². The standard InChI is InChI=1S/C36H33ClN4O3S/c1-19-14-28-34(32(25(19)18-31(42)43)24-10-9-23(37)17-30(24)44-36(2,3)4)45-35(39-28)22-12-13-38-27(16-22)21-8-11-29-26(15-21)33(20-6-7-20)40-41(29)5/h8-17,20H,6-7,18H2,1-5H3,(H,42,43). The summed E-state index contributed by atoms with van der Waals surface area (Å²) in [5.41, 5.74) is 8.66. The van der Waals surface area contributed by atoms with Gasteiger partial charge in [0.1, 0.15) is 16.4 Å². The number of aryl methyl sites for hydroxylation is 2. The van der Waals surface area contributed by atoms with Crippen LogP contribution in [0, 0.1) is 6.92 Å². The van der Waals surface area contributed by atoms with Crippen molar-refractivity contribution in [3.63, 3.8) is 0 Å². The van der Waals surface area contributed by atoms with Crippen LogP contribution >= 0.6 is 22.9 Å². The van der Waals surface area contributed by atoms with Gasteiger partial charge in [-0.15, -0.1) is 11.3 Å². The number of carboxylic acids is 1. The van der Waals surface area contributed by atoms with E-state index in [0.717, 1.165) is 59.8 Å². The minimum Gasteiger partial charge on any atom is -0.487 e. The van der Waals surface area contributed by atoms with Crippen molar-refractivity contribution < 1.29 is 14.6 Å². The summed E-state index contributed by atoms with van der Waals surface area (Å²) in [6.45, 7) is 7.88. The average molecular weight is 637 g/mol. The van der Waals surface area contributed by atoms with E-state index in [-0.39, 0.29) is 6.42 Å². The minimum atomic E-state index is -0.898. The number of thiazole rings is 1. The molecule has 45 heavy (non-hydrogen) atoms.